The van der Waals surface area contributed by atoms with Crippen LogP contribution in [0.25, 0.3) is 5.57 Å². The van der Waals surface area contributed by atoms with Gasteiger partial charge in [0.1, 0.15) is 5.75 Å². The first-order chi connectivity index (χ1) is 12.6. The maximum atomic E-state index is 12.8. The second-order valence-electron chi connectivity index (χ2n) is 7.84. The first kappa shape index (κ1) is 17.1. The van der Waals surface area contributed by atoms with Crippen molar-refractivity contribution in [3.8, 4) is 5.75 Å². The SMILES string of the molecule is CCCCC1=C2c3ccc(O)cc3CC2(Cc2ccccc2)CCC1=O. The second-order valence-corrected chi connectivity index (χ2v) is 7.84. The van der Waals surface area contributed by atoms with E-state index < -0.39 is 0 Å². The van der Waals surface area contributed by atoms with E-state index in [0.717, 1.165) is 44.1 Å². The van der Waals surface area contributed by atoms with Crippen LogP contribution in [0.15, 0.2) is 54.1 Å². The van der Waals surface area contributed by atoms with Gasteiger partial charge in [0, 0.05) is 11.8 Å². The predicted molar refractivity (Wildman–Crippen MR) is 105 cm³/mol. The van der Waals surface area contributed by atoms with Crippen LogP contribution in [0.3, 0.4) is 0 Å². The van der Waals surface area contributed by atoms with Crippen molar-refractivity contribution in [1.29, 1.82) is 0 Å². The Morgan fingerprint density at radius 2 is 1.92 bits per heavy atom. The fraction of sp³-hybridized carbons (Fsp3) is 0.375. The highest BCUT2D eigenvalue weighted by Crippen LogP contribution is 2.56. The van der Waals surface area contributed by atoms with E-state index in [0.29, 0.717) is 18.0 Å². The number of Topliss-reactive ketones (excluding diaryl/α,β-unsaturated/α-hetero) is 1. The fourth-order valence-corrected chi connectivity index (χ4v) is 4.89. The van der Waals surface area contributed by atoms with Crippen LogP contribution in [-0.2, 0) is 17.6 Å². The van der Waals surface area contributed by atoms with Crippen molar-refractivity contribution in [1.82, 2.24) is 0 Å². The molecule has 0 aliphatic heterocycles. The zero-order chi connectivity index (χ0) is 18.1. The zero-order valence-electron chi connectivity index (χ0n) is 15.4. The number of aromatic hydroxyl groups is 1. The largest absolute Gasteiger partial charge is 0.508 e. The number of carbonyl (C=O) groups is 1. The third kappa shape index (κ3) is 2.88. The minimum absolute atomic E-state index is 0.00549. The van der Waals surface area contributed by atoms with Gasteiger partial charge in [0.25, 0.3) is 0 Å². The molecule has 0 heterocycles. The minimum Gasteiger partial charge on any atom is -0.508 e. The van der Waals surface area contributed by atoms with Gasteiger partial charge < -0.3 is 5.11 Å². The van der Waals surface area contributed by atoms with Crippen LogP contribution < -0.4 is 0 Å². The van der Waals surface area contributed by atoms with Crippen LogP contribution in [0.4, 0.5) is 0 Å². The third-order valence-electron chi connectivity index (χ3n) is 6.05. The minimum atomic E-state index is -0.00549. The summed E-state index contributed by atoms with van der Waals surface area (Å²) in [6.07, 6.45) is 6.46. The number of hydrogen-bond donors (Lipinski definition) is 1. The number of carbonyl (C=O) groups excluding carboxylic acids is 1. The quantitative estimate of drug-likeness (QED) is 0.778. The Hall–Kier alpha value is -2.35. The molecule has 0 radical (unpaired) electrons. The predicted octanol–water partition coefficient (Wildman–Crippen LogP) is 5.48. The van der Waals surface area contributed by atoms with Gasteiger partial charge in [0.2, 0.25) is 0 Å². The van der Waals surface area contributed by atoms with Crippen molar-refractivity contribution < 1.29 is 9.90 Å². The number of unbranched alkanes of at least 4 members (excludes halogenated alkanes) is 1. The normalized spacial score (nSPS) is 21.7. The topological polar surface area (TPSA) is 37.3 Å². The number of fused-ring (bicyclic) bond motifs is 3. The van der Waals surface area contributed by atoms with E-state index >= 15 is 0 Å². The highest BCUT2D eigenvalue weighted by atomic mass is 16.3. The Labute approximate surface area is 155 Å². The van der Waals surface area contributed by atoms with Crippen molar-refractivity contribution in [3.63, 3.8) is 0 Å². The molecule has 2 aromatic rings. The summed E-state index contributed by atoms with van der Waals surface area (Å²) in [6.45, 7) is 2.18. The summed E-state index contributed by atoms with van der Waals surface area (Å²) in [5.74, 6) is 0.650. The molecule has 0 spiro atoms. The van der Waals surface area contributed by atoms with Gasteiger partial charge in [-0.05, 0) is 72.1 Å². The van der Waals surface area contributed by atoms with Crippen molar-refractivity contribution in [3.05, 3.63) is 70.8 Å². The first-order valence-corrected chi connectivity index (χ1v) is 9.76. The van der Waals surface area contributed by atoms with Gasteiger partial charge in [0.05, 0.1) is 0 Å². The molecule has 2 aromatic carbocycles. The van der Waals surface area contributed by atoms with Gasteiger partial charge in [-0.3, -0.25) is 4.79 Å². The Morgan fingerprint density at radius 3 is 2.69 bits per heavy atom. The zero-order valence-corrected chi connectivity index (χ0v) is 15.4. The Kier molecular flexibility index (Phi) is 4.44. The van der Waals surface area contributed by atoms with E-state index in [1.807, 2.05) is 12.1 Å². The summed E-state index contributed by atoms with van der Waals surface area (Å²) in [6, 6.07) is 16.3. The van der Waals surface area contributed by atoms with Gasteiger partial charge in [0.15, 0.2) is 5.78 Å². The van der Waals surface area contributed by atoms with Crippen LogP contribution in [0, 0.1) is 5.41 Å². The van der Waals surface area contributed by atoms with Crippen LogP contribution in [0.1, 0.15) is 55.7 Å². The Bertz CT molecular complexity index is 863. The molecule has 2 aliphatic carbocycles. The molecule has 1 N–H and O–H groups in total. The van der Waals surface area contributed by atoms with Crippen LogP contribution in [0.5, 0.6) is 5.75 Å². The molecule has 134 valence electrons. The highest BCUT2D eigenvalue weighted by molar-refractivity contribution is 6.06. The molecule has 0 saturated heterocycles. The smallest absolute Gasteiger partial charge is 0.159 e. The maximum Gasteiger partial charge on any atom is 0.159 e. The van der Waals surface area contributed by atoms with E-state index in [2.05, 4.69) is 37.3 Å². The summed E-state index contributed by atoms with van der Waals surface area (Å²) in [5.41, 5.74) is 6.04. The molecule has 2 aliphatic rings. The van der Waals surface area contributed by atoms with Gasteiger partial charge >= 0.3 is 0 Å². The molecule has 0 aromatic heterocycles. The van der Waals surface area contributed by atoms with E-state index in [1.165, 1.54) is 22.3 Å². The lowest BCUT2D eigenvalue weighted by atomic mass is 9.66. The summed E-state index contributed by atoms with van der Waals surface area (Å²) < 4.78 is 0. The van der Waals surface area contributed by atoms with E-state index in [4.69, 9.17) is 0 Å². The summed E-state index contributed by atoms with van der Waals surface area (Å²) in [4.78, 5) is 12.8. The molecule has 26 heavy (non-hydrogen) atoms. The van der Waals surface area contributed by atoms with E-state index in [9.17, 15) is 9.90 Å². The average molecular weight is 346 g/mol. The molecule has 2 heteroatoms. The van der Waals surface area contributed by atoms with Crippen molar-refractivity contribution >= 4 is 11.4 Å². The van der Waals surface area contributed by atoms with Crippen molar-refractivity contribution in [2.45, 2.75) is 51.9 Å². The first-order valence-electron chi connectivity index (χ1n) is 9.76. The van der Waals surface area contributed by atoms with Crippen LogP contribution in [0.2, 0.25) is 0 Å². The monoisotopic (exact) mass is 346 g/mol. The molecule has 0 fully saturated rings. The Balaban J connectivity index is 1.86. The number of allylic oxidation sites excluding steroid dienone is 2. The maximum absolute atomic E-state index is 12.8. The highest BCUT2D eigenvalue weighted by Gasteiger charge is 2.46. The number of benzene rings is 2. The Morgan fingerprint density at radius 1 is 1.12 bits per heavy atom. The van der Waals surface area contributed by atoms with Gasteiger partial charge in [-0.1, -0.05) is 49.7 Å². The number of phenolic OH excluding ortho intramolecular Hbond substituents is 1. The van der Waals surface area contributed by atoms with Crippen LogP contribution >= 0.6 is 0 Å². The number of hydrogen-bond acceptors (Lipinski definition) is 2. The molecule has 4 rings (SSSR count). The summed E-state index contributed by atoms with van der Waals surface area (Å²) >= 11 is 0. The van der Waals surface area contributed by atoms with Gasteiger partial charge in [-0.15, -0.1) is 0 Å². The second kappa shape index (κ2) is 6.75. The van der Waals surface area contributed by atoms with Crippen molar-refractivity contribution in [2.24, 2.45) is 5.41 Å². The molecule has 2 nitrogen and oxygen atoms in total. The summed E-state index contributed by atoms with van der Waals surface area (Å²) in [7, 11) is 0. The number of rotatable bonds is 5. The van der Waals surface area contributed by atoms with Gasteiger partial charge in [-0.25, -0.2) is 0 Å². The molecule has 0 amide bonds. The van der Waals surface area contributed by atoms with Crippen LogP contribution in [-0.4, -0.2) is 10.9 Å². The van der Waals surface area contributed by atoms with E-state index in [-0.39, 0.29) is 5.41 Å². The number of phenols is 1. The molecular weight excluding hydrogens is 320 g/mol. The standard InChI is InChI=1S/C24H26O2/c1-2-3-9-21-22(26)12-13-24(15-17-7-5-4-6-8-17)16-18-14-19(25)10-11-20(18)23(21)24/h4-8,10-11,14,25H,2-3,9,12-13,15-16H2,1H3. The van der Waals surface area contributed by atoms with E-state index in [1.54, 1.807) is 6.07 Å². The fourth-order valence-electron chi connectivity index (χ4n) is 4.89. The molecule has 1 unspecified atom stereocenters. The van der Waals surface area contributed by atoms with Gasteiger partial charge in [-0.2, -0.15) is 0 Å². The third-order valence-corrected chi connectivity index (χ3v) is 6.05. The molecule has 0 bridgehead atoms. The lowest BCUT2D eigenvalue weighted by Crippen LogP contribution is -2.31. The molecule has 1 atom stereocenters. The molecule has 0 saturated carbocycles. The summed E-state index contributed by atoms with van der Waals surface area (Å²) in [5, 5.41) is 9.98. The lowest BCUT2D eigenvalue weighted by molar-refractivity contribution is -0.116. The number of ketones is 1. The average Bonchev–Trinajstić information content (AvgIpc) is 2.95. The van der Waals surface area contributed by atoms with Crippen molar-refractivity contribution in [2.75, 3.05) is 0 Å². The lowest BCUT2D eigenvalue weighted by Gasteiger charge is -2.37. The molecular formula is C24H26O2.